The van der Waals surface area contributed by atoms with E-state index >= 15 is 0 Å². The number of anilines is 3. The summed E-state index contributed by atoms with van der Waals surface area (Å²) in [5, 5.41) is 16.0. The van der Waals surface area contributed by atoms with E-state index in [9.17, 15) is 0 Å². The van der Waals surface area contributed by atoms with Gasteiger partial charge in [-0.3, -0.25) is 9.30 Å². The monoisotopic (exact) mass is 914 g/mol. The third kappa shape index (κ3) is 5.69. The van der Waals surface area contributed by atoms with Crippen LogP contribution in [0.15, 0.2) is 260 Å². The summed E-state index contributed by atoms with van der Waals surface area (Å²) < 4.78 is 9.03. The predicted octanol–water partition coefficient (Wildman–Crippen LogP) is 9.47. The molecule has 14 rings (SSSR count). The van der Waals surface area contributed by atoms with Gasteiger partial charge >= 0.3 is 0 Å². The molecule has 5 nitrogen and oxygen atoms in total. The molecule has 0 N–H and O–H groups in total. The van der Waals surface area contributed by atoms with Crippen LogP contribution in [0.25, 0.3) is 49.3 Å². The van der Waals surface area contributed by atoms with Crippen molar-refractivity contribution < 1.29 is 4.42 Å². The molecule has 4 aromatic heterocycles. The van der Waals surface area contributed by atoms with E-state index in [0.717, 1.165) is 55.7 Å². The van der Waals surface area contributed by atoms with Crippen LogP contribution in [0.4, 0.5) is 17.2 Å². The Hall–Kier alpha value is -8.63. The van der Waals surface area contributed by atoms with Crippen LogP contribution in [-0.4, -0.2) is 30.5 Å². The number of nitrogens with zero attached hydrogens (tertiary/aromatic N) is 4. The number of aromatic nitrogens is 3. The van der Waals surface area contributed by atoms with Crippen molar-refractivity contribution >= 4 is 124 Å². The van der Waals surface area contributed by atoms with Crippen LogP contribution in [0.1, 0.15) is 0 Å². The van der Waals surface area contributed by atoms with Crippen LogP contribution in [0, 0.1) is 0 Å². The largest absolute Gasteiger partial charge is 0.456 e. The Bertz CT molecular complexity index is 4020. The summed E-state index contributed by atoms with van der Waals surface area (Å²) in [6, 6.07) is 87.6. The molecule has 7 heteroatoms. The Labute approximate surface area is 400 Å². The van der Waals surface area contributed by atoms with Gasteiger partial charge in [0.05, 0.1) is 5.52 Å². The van der Waals surface area contributed by atoms with Crippen molar-refractivity contribution in [1.29, 1.82) is 0 Å². The maximum absolute atomic E-state index is 6.79. The molecule has 0 saturated carbocycles. The molecule has 0 saturated heterocycles. The number of benzene rings is 9. The second kappa shape index (κ2) is 15.5. The van der Waals surface area contributed by atoms with E-state index < -0.39 is 16.1 Å². The summed E-state index contributed by atoms with van der Waals surface area (Å²) in [4.78, 5) is 12.9. The number of para-hydroxylation sites is 2. The fraction of sp³-hybridized carbons (Fsp3) is 0. The zero-order chi connectivity index (χ0) is 45.5. The van der Waals surface area contributed by atoms with Gasteiger partial charge in [-0.05, 0) is 89.3 Å². The molecular formula is C62H42N4OSi2. The molecular weight excluding hydrogens is 873 g/mol. The van der Waals surface area contributed by atoms with Gasteiger partial charge in [-0.15, -0.1) is 0 Å². The zero-order valence-corrected chi connectivity index (χ0v) is 39.4. The molecule has 9 aromatic carbocycles. The minimum Gasteiger partial charge on any atom is -0.456 e. The van der Waals surface area contributed by atoms with Gasteiger partial charge in [-0.1, -0.05) is 194 Å². The summed E-state index contributed by atoms with van der Waals surface area (Å²) in [6.45, 7) is 0. The minimum absolute atomic E-state index is 0.878. The van der Waals surface area contributed by atoms with Crippen molar-refractivity contribution in [2.24, 2.45) is 0 Å². The van der Waals surface area contributed by atoms with Crippen LogP contribution in [0.5, 0.6) is 0 Å². The lowest BCUT2D eigenvalue weighted by molar-refractivity contribution is 0.669. The highest BCUT2D eigenvalue weighted by Gasteiger charge is 2.50. The predicted molar refractivity (Wildman–Crippen MR) is 291 cm³/mol. The average Bonchev–Trinajstić information content (AvgIpc) is 4.07. The summed E-state index contributed by atoms with van der Waals surface area (Å²) >= 11 is 0. The van der Waals surface area contributed by atoms with Gasteiger partial charge in [-0.25, -0.2) is 9.97 Å². The van der Waals surface area contributed by atoms with Gasteiger partial charge in [0.1, 0.15) is 22.6 Å². The lowest BCUT2D eigenvalue weighted by Crippen LogP contribution is -2.77. The SMILES string of the molecule is c1ccc([Si](c2ccccc2)(c2cccc(N3c4cc5c(cc4[Si](c4ccccc4)(c4ccccc4)c4cccnc43)oc3ccccc35)c2)c2ccc3c4ccccc4n4ccnc4c3c2)cc1. The average molecular weight is 915 g/mol. The highest BCUT2D eigenvalue weighted by atomic mass is 28.3. The number of fused-ring (bicyclic) bond motifs is 11. The van der Waals surface area contributed by atoms with Crippen LogP contribution in [0.2, 0.25) is 0 Å². The standard InChI is InChI=1S/C62H42N4OSi2/c1-5-20-44(21-6-1)68(45-22-7-2-8-23-45,49-34-35-50-51-29-13-15-31-55(51)65-38-37-64-61(65)54(50)40-49)48-28-17-19-43(39-48)66-56-41-53-52-30-14-16-32-57(52)67-58(53)42-60(56)69(46-24-9-3-10-25-46,47-26-11-4-12-27-47)59-33-18-36-63-62(59)66/h1-42H. The van der Waals surface area contributed by atoms with E-state index in [-0.39, 0.29) is 0 Å². The molecule has 0 atom stereocenters. The van der Waals surface area contributed by atoms with Crippen molar-refractivity contribution in [2.75, 3.05) is 4.90 Å². The van der Waals surface area contributed by atoms with Crippen LogP contribution in [0.3, 0.4) is 0 Å². The second-order valence-corrected chi connectivity index (χ2v) is 25.6. The Morgan fingerprint density at radius 2 is 1.04 bits per heavy atom. The Balaban J connectivity index is 1.08. The lowest BCUT2D eigenvalue weighted by Gasteiger charge is -2.44. The summed E-state index contributed by atoms with van der Waals surface area (Å²) in [6.07, 6.45) is 5.97. The Morgan fingerprint density at radius 3 is 1.78 bits per heavy atom. The van der Waals surface area contributed by atoms with Crippen molar-refractivity contribution in [3.63, 3.8) is 0 Å². The van der Waals surface area contributed by atoms with E-state index in [0.29, 0.717) is 0 Å². The smallest absolute Gasteiger partial charge is 0.186 e. The number of pyridine rings is 2. The zero-order valence-electron chi connectivity index (χ0n) is 37.4. The molecule has 1 aliphatic heterocycles. The first-order valence-corrected chi connectivity index (χ1v) is 27.5. The summed E-state index contributed by atoms with van der Waals surface area (Å²) in [5.41, 5.74) is 6.03. The third-order valence-corrected chi connectivity index (χ3v) is 24.3. The third-order valence-electron chi connectivity index (χ3n) is 14.7. The minimum atomic E-state index is -3.12. The normalized spacial score (nSPS) is 13.3. The molecule has 0 spiro atoms. The molecule has 0 amide bonds. The van der Waals surface area contributed by atoms with Crippen LogP contribution < -0.4 is 46.4 Å². The summed E-state index contributed by atoms with van der Waals surface area (Å²) in [7, 11) is -6.17. The van der Waals surface area contributed by atoms with E-state index in [1.807, 2.05) is 12.4 Å². The van der Waals surface area contributed by atoms with Crippen molar-refractivity contribution in [1.82, 2.24) is 14.4 Å². The molecule has 0 aliphatic carbocycles. The van der Waals surface area contributed by atoms with Crippen molar-refractivity contribution in [2.45, 2.75) is 0 Å². The molecule has 69 heavy (non-hydrogen) atoms. The Kier molecular flexibility index (Phi) is 8.86. The van der Waals surface area contributed by atoms with Crippen LogP contribution >= 0.6 is 0 Å². The number of rotatable bonds is 7. The topological polar surface area (TPSA) is 46.6 Å². The van der Waals surface area contributed by atoms with E-state index in [1.165, 1.54) is 52.3 Å². The van der Waals surface area contributed by atoms with E-state index in [4.69, 9.17) is 14.4 Å². The molecule has 0 unspecified atom stereocenters. The van der Waals surface area contributed by atoms with Gasteiger partial charge in [0.25, 0.3) is 0 Å². The maximum atomic E-state index is 6.79. The van der Waals surface area contributed by atoms with Gasteiger partial charge < -0.3 is 4.42 Å². The van der Waals surface area contributed by atoms with Crippen LogP contribution in [-0.2, 0) is 0 Å². The number of hydrogen-bond donors (Lipinski definition) is 0. The molecule has 0 bridgehead atoms. The first-order valence-electron chi connectivity index (χ1n) is 23.5. The second-order valence-electron chi connectivity index (χ2n) is 18.1. The van der Waals surface area contributed by atoms with Gasteiger partial charge in [0.2, 0.25) is 0 Å². The van der Waals surface area contributed by atoms with Crippen molar-refractivity contribution in [3.05, 3.63) is 255 Å². The highest BCUT2D eigenvalue weighted by Crippen LogP contribution is 2.41. The fourth-order valence-corrected chi connectivity index (χ4v) is 21.7. The van der Waals surface area contributed by atoms with E-state index in [2.05, 4.69) is 252 Å². The van der Waals surface area contributed by atoms with Gasteiger partial charge in [0, 0.05) is 51.5 Å². The highest BCUT2D eigenvalue weighted by molar-refractivity contribution is 7.21. The molecule has 324 valence electrons. The summed E-state index contributed by atoms with van der Waals surface area (Å²) in [5.74, 6) is 0.944. The van der Waals surface area contributed by atoms with Crippen molar-refractivity contribution in [3.8, 4) is 0 Å². The van der Waals surface area contributed by atoms with E-state index in [1.54, 1.807) is 0 Å². The molecule has 1 aliphatic rings. The number of imidazole rings is 1. The van der Waals surface area contributed by atoms with Gasteiger partial charge in [-0.2, -0.15) is 0 Å². The number of hydrogen-bond acceptors (Lipinski definition) is 4. The van der Waals surface area contributed by atoms with Gasteiger partial charge in [0.15, 0.2) is 16.1 Å². The fourth-order valence-electron chi connectivity index (χ4n) is 11.9. The molecule has 0 radical (unpaired) electrons. The molecule has 5 heterocycles. The first-order chi connectivity index (χ1) is 34.2. The molecule has 0 fully saturated rings. The molecule has 13 aromatic rings. The lowest BCUT2D eigenvalue weighted by atomic mass is 10.1. The number of furan rings is 1. The first kappa shape index (κ1) is 39.5. The quantitative estimate of drug-likeness (QED) is 0.0909. The Morgan fingerprint density at radius 1 is 0.406 bits per heavy atom. The maximum Gasteiger partial charge on any atom is 0.186 e.